The summed E-state index contributed by atoms with van der Waals surface area (Å²) in [5.41, 5.74) is 0.576. The second kappa shape index (κ2) is 8.47. The molecule has 0 radical (unpaired) electrons. The van der Waals surface area contributed by atoms with E-state index in [1.54, 1.807) is 25.1 Å². The maximum Gasteiger partial charge on any atom is 0.387 e. The van der Waals surface area contributed by atoms with Gasteiger partial charge in [-0.25, -0.2) is 4.68 Å². The van der Waals surface area contributed by atoms with E-state index in [1.165, 1.54) is 16.8 Å². The molecule has 0 aliphatic rings. The highest BCUT2D eigenvalue weighted by molar-refractivity contribution is 8.00. The molecule has 0 spiro atoms. The summed E-state index contributed by atoms with van der Waals surface area (Å²) in [5.74, 6) is 6.17. The van der Waals surface area contributed by atoms with Crippen molar-refractivity contribution in [2.24, 2.45) is 0 Å². The maximum absolute atomic E-state index is 12.2. The van der Waals surface area contributed by atoms with E-state index >= 15 is 0 Å². The highest BCUT2D eigenvalue weighted by Crippen LogP contribution is 2.26. The van der Waals surface area contributed by atoms with E-state index in [9.17, 15) is 13.6 Å². The number of carbonyl (C=O) groups excluding carboxylic acids is 1. The topological polar surface area (TPSA) is 95.1 Å². The lowest BCUT2D eigenvalue weighted by atomic mass is 10.2. The number of ether oxygens (including phenoxy) is 1. The number of nitrogens with one attached hydrogen (secondary N) is 1. The minimum atomic E-state index is -2.89. The maximum atomic E-state index is 12.2. The molecule has 0 saturated heterocycles. The van der Waals surface area contributed by atoms with Crippen molar-refractivity contribution in [3.8, 4) is 17.1 Å². The van der Waals surface area contributed by atoms with Crippen LogP contribution in [0, 0.1) is 0 Å². The number of carbonyl (C=O) groups is 1. The van der Waals surface area contributed by atoms with Crippen LogP contribution in [-0.2, 0) is 4.79 Å². The first-order valence-electron chi connectivity index (χ1n) is 7.23. The molecule has 1 amide bonds. The summed E-state index contributed by atoms with van der Waals surface area (Å²) in [4.78, 5) is 11.9. The highest BCUT2D eigenvalue weighted by atomic mass is 32.2. The van der Waals surface area contributed by atoms with Gasteiger partial charge < -0.3 is 15.9 Å². The molecule has 1 atom stereocenters. The van der Waals surface area contributed by atoms with E-state index in [4.69, 9.17) is 5.84 Å². The fraction of sp³-hybridized carbons (Fsp3) is 0.267. The number of hydrogen-bond acceptors (Lipinski definition) is 6. The fourth-order valence-electron chi connectivity index (χ4n) is 1.87. The monoisotopic (exact) mass is 369 g/mol. The Hall–Kier alpha value is -2.62. The van der Waals surface area contributed by atoms with Gasteiger partial charge >= 0.3 is 6.61 Å². The minimum Gasteiger partial charge on any atom is -0.435 e. The third-order valence-corrected chi connectivity index (χ3v) is 4.13. The molecule has 1 unspecified atom stereocenters. The van der Waals surface area contributed by atoms with Crippen LogP contribution in [0.15, 0.2) is 42.1 Å². The zero-order chi connectivity index (χ0) is 18.4. The minimum absolute atomic E-state index is 0.0314. The molecule has 2 rings (SSSR count). The lowest BCUT2D eigenvalue weighted by Gasteiger charge is -2.10. The summed E-state index contributed by atoms with van der Waals surface area (Å²) in [6, 6.07) is 5.85. The average Bonchev–Trinajstić information content (AvgIpc) is 2.93. The van der Waals surface area contributed by atoms with Crippen molar-refractivity contribution in [2.45, 2.75) is 23.9 Å². The second-order valence-electron chi connectivity index (χ2n) is 4.87. The smallest absolute Gasteiger partial charge is 0.387 e. The molecule has 25 heavy (non-hydrogen) atoms. The van der Waals surface area contributed by atoms with Gasteiger partial charge in [-0.15, -0.1) is 16.8 Å². The Morgan fingerprint density at radius 3 is 2.72 bits per heavy atom. The van der Waals surface area contributed by atoms with Gasteiger partial charge in [0.25, 0.3) is 0 Å². The second-order valence-corrected chi connectivity index (χ2v) is 6.18. The normalized spacial score (nSPS) is 12.0. The largest absolute Gasteiger partial charge is 0.435 e. The fourth-order valence-corrected chi connectivity index (χ4v) is 2.66. The summed E-state index contributed by atoms with van der Waals surface area (Å²) in [5, 5.41) is 10.5. The molecular weight excluding hydrogens is 352 g/mol. The van der Waals surface area contributed by atoms with Crippen molar-refractivity contribution in [1.29, 1.82) is 0 Å². The van der Waals surface area contributed by atoms with Gasteiger partial charge in [0, 0.05) is 12.1 Å². The number of hydrogen-bond donors (Lipinski definition) is 2. The van der Waals surface area contributed by atoms with Crippen LogP contribution in [0.5, 0.6) is 5.75 Å². The number of aromatic nitrogens is 3. The number of nitrogens with zero attached hydrogens (tertiary/aromatic N) is 3. The summed E-state index contributed by atoms with van der Waals surface area (Å²) >= 11 is 1.15. The Labute approximate surface area is 147 Å². The lowest BCUT2D eigenvalue weighted by molar-refractivity contribution is -0.120. The number of rotatable bonds is 8. The molecule has 3 N–H and O–H groups in total. The van der Waals surface area contributed by atoms with Crippen LogP contribution < -0.4 is 15.9 Å². The van der Waals surface area contributed by atoms with E-state index in [-0.39, 0.29) is 11.7 Å². The molecule has 1 aromatic carbocycles. The lowest BCUT2D eigenvalue weighted by Crippen LogP contribution is -2.31. The number of thioether (sulfide) groups is 1. The van der Waals surface area contributed by atoms with E-state index in [0.29, 0.717) is 23.1 Å². The molecule has 0 saturated carbocycles. The predicted octanol–water partition coefficient (Wildman–Crippen LogP) is 2.04. The van der Waals surface area contributed by atoms with E-state index in [2.05, 4.69) is 26.8 Å². The van der Waals surface area contributed by atoms with Gasteiger partial charge in [-0.3, -0.25) is 4.79 Å². The number of nitrogen functional groups attached to an aromatic ring is 1. The van der Waals surface area contributed by atoms with Crippen LogP contribution >= 0.6 is 11.8 Å². The Kier molecular flexibility index (Phi) is 6.34. The molecule has 2 aromatic rings. The van der Waals surface area contributed by atoms with Crippen LogP contribution in [0.3, 0.4) is 0 Å². The molecular formula is C15H17F2N5O2S. The van der Waals surface area contributed by atoms with E-state index in [1.807, 2.05) is 0 Å². The Morgan fingerprint density at radius 1 is 1.44 bits per heavy atom. The molecule has 1 aromatic heterocycles. The number of nitrogens with two attached hydrogens (primary N) is 1. The molecule has 0 aliphatic heterocycles. The van der Waals surface area contributed by atoms with E-state index in [0.717, 1.165) is 11.8 Å². The standard InChI is InChI=1S/C15H17F2N5O2S/c1-3-8-19-13(23)9(2)25-15-21-20-12(22(15)18)10-4-6-11(7-5-10)24-14(16)17/h3-7,9,14H,1,8,18H2,2H3,(H,19,23). The van der Waals surface area contributed by atoms with Gasteiger partial charge in [-0.05, 0) is 31.2 Å². The van der Waals surface area contributed by atoms with Crippen LogP contribution in [-0.4, -0.2) is 39.2 Å². The zero-order valence-electron chi connectivity index (χ0n) is 13.4. The summed E-state index contributed by atoms with van der Waals surface area (Å²) in [6.07, 6.45) is 1.58. The van der Waals surface area contributed by atoms with Crippen LogP contribution in [0.1, 0.15) is 6.92 Å². The molecule has 7 nitrogen and oxygen atoms in total. The van der Waals surface area contributed by atoms with E-state index < -0.39 is 11.9 Å². The Morgan fingerprint density at radius 2 is 2.12 bits per heavy atom. The molecule has 0 fully saturated rings. The number of amides is 1. The van der Waals surface area contributed by atoms with Crippen molar-refractivity contribution < 1.29 is 18.3 Å². The zero-order valence-corrected chi connectivity index (χ0v) is 14.2. The predicted molar refractivity (Wildman–Crippen MR) is 90.8 cm³/mol. The van der Waals surface area contributed by atoms with Gasteiger partial charge in [0.2, 0.25) is 11.1 Å². The molecule has 1 heterocycles. The molecule has 0 bridgehead atoms. The SMILES string of the molecule is C=CCNC(=O)C(C)Sc1nnc(-c2ccc(OC(F)F)cc2)n1N. The highest BCUT2D eigenvalue weighted by Gasteiger charge is 2.19. The summed E-state index contributed by atoms with van der Waals surface area (Å²) < 4.78 is 29.9. The number of alkyl halides is 2. The Bertz CT molecular complexity index is 736. The van der Waals surface area contributed by atoms with Gasteiger partial charge in [-0.2, -0.15) is 8.78 Å². The quantitative estimate of drug-likeness (QED) is 0.420. The van der Waals surface area contributed by atoms with Crippen molar-refractivity contribution in [3.63, 3.8) is 0 Å². The van der Waals surface area contributed by atoms with Crippen molar-refractivity contribution in [2.75, 3.05) is 12.4 Å². The van der Waals surface area contributed by atoms with Crippen LogP contribution in [0.4, 0.5) is 8.78 Å². The number of halogens is 2. The summed E-state index contributed by atoms with van der Waals surface area (Å²) in [6.45, 7) is 2.73. The first-order chi connectivity index (χ1) is 11.9. The molecule has 0 aliphatic carbocycles. The van der Waals surface area contributed by atoms with Gasteiger partial charge in [0.05, 0.1) is 5.25 Å². The van der Waals surface area contributed by atoms with Crippen molar-refractivity contribution in [3.05, 3.63) is 36.9 Å². The first-order valence-corrected chi connectivity index (χ1v) is 8.11. The molecule has 134 valence electrons. The third kappa shape index (κ3) is 4.92. The van der Waals surface area contributed by atoms with Crippen molar-refractivity contribution >= 4 is 17.7 Å². The Balaban J connectivity index is 2.10. The third-order valence-electron chi connectivity index (χ3n) is 3.07. The van der Waals surface area contributed by atoms with Crippen molar-refractivity contribution in [1.82, 2.24) is 20.2 Å². The van der Waals surface area contributed by atoms with Gasteiger partial charge in [0.15, 0.2) is 5.82 Å². The van der Waals surface area contributed by atoms with Gasteiger partial charge in [0.1, 0.15) is 5.75 Å². The first kappa shape index (κ1) is 18.7. The summed E-state index contributed by atoms with van der Waals surface area (Å²) in [7, 11) is 0. The number of benzene rings is 1. The average molecular weight is 369 g/mol. The van der Waals surface area contributed by atoms with Crippen LogP contribution in [0.2, 0.25) is 0 Å². The van der Waals surface area contributed by atoms with Crippen LogP contribution in [0.25, 0.3) is 11.4 Å². The van der Waals surface area contributed by atoms with Gasteiger partial charge in [-0.1, -0.05) is 17.8 Å². The molecule has 10 heteroatoms.